The Labute approximate surface area is 600 Å². The lowest BCUT2D eigenvalue weighted by molar-refractivity contribution is -0.205. The molecule has 7 aromatic rings. The van der Waals surface area contributed by atoms with Gasteiger partial charge in [0.05, 0.1) is 82.2 Å². The van der Waals surface area contributed by atoms with Crippen LogP contribution in [-0.4, -0.2) is 267 Å². The third-order valence-electron chi connectivity index (χ3n) is 17.8. The number of nitrogens with one attached hydrogen (secondary N) is 2. The van der Waals surface area contributed by atoms with Crippen molar-refractivity contribution >= 4 is 81.7 Å². The largest absolute Gasteiger partial charge is 0.491 e. The number of aliphatic hydroxyl groups is 12. The van der Waals surface area contributed by atoms with Crippen LogP contribution in [0.5, 0.6) is 17.2 Å². The summed E-state index contributed by atoms with van der Waals surface area (Å²) in [4.78, 5) is 18.5. The van der Waals surface area contributed by atoms with Gasteiger partial charge in [-0.05, 0) is 107 Å². The Balaban J connectivity index is 0.817. The van der Waals surface area contributed by atoms with E-state index in [0.29, 0.717) is 64.8 Å². The Hall–Kier alpha value is -6.79. The van der Waals surface area contributed by atoms with E-state index < -0.39 is 109 Å². The van der Waals surface area contributed by atoms with Crippen molar-refractivity contribution in [3.8, 4) is 61.8 Å². The number of benzene rings is 4. The first-order valence-electron chi connectivity index (χ1n) is 33.6. The molecule has 5 aliphatic heterocycles. The number of thioether (sulfide) groups is 3. The van der Waals surface area contributed by atoms with Gasteiger partial charge in [-0.2, -0.15) is 0 Å². The van der Waals surface area contributed by atoms with Crippen LogP contribution in [0.15, 0.2) is 127 Å². The van der Waals surface area contributed by atoms with Gasteiger partial charge in [-0.15, -0.1) is 35.3 Å². The fraction of sp³-hybridized carbons (Fsp3) is 0.405. The maximum absolute atomic E-state index is 10.4. The number of fused-ring (bicyclic) bond motifs is 8. The van der Waals surface area contributed by atoms with E-state index in [0.717, 1.165) is 72.3 Å². The van der Waals surface area contributed by atoms with Gasteiger partial charge in [-0.1, -0.05) is 66.7 Å². The number of aromatic nitrogens is 4. The minimum Gasteiger partial charge on any atom is -0.491 e. The summed E-state index contributed by atoms with van der Waals surface area (Å²) in [5, 5.41) is 121. The molecule has 8 bridgehead atoms. The molecule has 0 amide bonds. The number of aromatic amines is 2. The van der Waals surface area contributed by atoms with Crippen LogP contribution >= 0.6 is 35.3 Å². The predicted molar refractivity (Wildman–Crippen MR) is 388 cm³/mol. The average Bonchev–Trinajstić information content (AvgIpc) is 1.62. The van der Waals surface area contributed by atoms with Gasteiger partial charge in [-0.25, -0.2) is 9.97 Å². The molecule has 15 atom stereocenters. The fourth-order valence-electron chi connectivity index (χ4n) is 12.4. The molecular formula is C74H84N4O21S3. The highest BCUT2D eigenvalue weighted by atomic mass is 32.2. The summed E-state index contributed by atoms with van der Waals surface area (Å²) in [7, 11) is 0. The van der Waals surface area contributed by atoms with Gasteiger partial charge in [-0.3, -0.25) is 0 Å². The zero-order chi connectivity index (χ0) is 71.2. The minimum atomic E-state index is -1.45. The Morgan fingerprint density at radius 3 is 0.863 bits per heavy atom. The molecule has 0 saturated carbocycles. The molecule has 8 heterocycles. The Kier molecular flexibility index (Phi) is 26.3. The topological polar surface area (TPSA) is 383 Å². The fourth-order valence-corrected chi connectivity index (χ4v) is 15.5. The summed E-state index contributed by atoms with van der Waals surface area (Å²) in [6.45, 7) is 0.858. The van der Waals surface area contributed by atoms with Crippen LogP contribution in [0.1, 0.15) is 22.8 Å². The quantitative estimate of drug-likeness (QED) is 0.0251. The summed E-state index contributed by atoms with van der Waals surface area (Å²) in [5.41, 5.74) is 10.2. The van der Waals surface area contributed by atoms with Crippen LogP contribution in [0.25, 0.3) is 90.9 Å². The number of hydrogen-bond donors (Lipinski definition) is 14. The molecular weight excluding hydrogens is 1380 g/mol. The Bertz CT molecular complexity index is 4000. The maximum atomic E-state index is 10.4. The zero-order valence-electron chi connectivity index (χ0n) is 55.4. The van der Waals surface area contributed by atoms with Gasteiger partial charge in [0, 0.05) is 61.6 Å². The molecule has 12 rings (SSSR count). The van der Waals surface area contributed by atoms with E-state index in [-0.39, 0.29) is 46.2 Å². The van der Waals surface area contributed by atoms with Crippen molar-refractivity contribution in [1.29, 1.82) is 0 Å². The van der Waals surface area contributed by atoms with Crippen LogP contribution in [0.2, 0.25) is 0 Å². The zero-order valence-corrected chi connectivity index (χ0v) is 57.8. The molecule has 28 heteroatoms. The van der Waals surface area contributed by atoms with E-state index >= 15 is 0 Å². The molecule has 3 saturated heterocycles. The van der Waals surface area contributed by atoms with E-state index in [1.165, 1.54) is 35.3 Å². The third kappa shape index (κ3) is 17.8. The van der Waals surface area contributed by atoms with Crippen molar-refractivity contribution in [2.45, 2.75) is 89.6 Å². The second-order valence-corrected chi connectivity index (χ2v) is 28.1. The highest BCUT2D eigenvalue weighted by Gasteiger charge is 2.46. The van der Waals surface area contributed by atoms with E-state index in [4.69, 9.17) is 52.6 Å². The Morgan fingerprint density at radius 1 is 0.314 bits per heavy atom. The molecule has 0 spiro atoms. The van der Waals surface area contributed by atoms with Crippen LogP contribution in [0, 0.1) is 0 Å². The average molecular weight is 1460 g/mol. The molecule has 14 N–H and O–H groups in total. The van der Waals surface area contributed by atoms with Crippen molar-refractivity contribution in [3.63, 3.8) is 0 Å². The molecule has 25 nitrogen and oxygen atoms in total. The van der Waals surface area contributed by atoms with E-state index in [1.807, 2.05) is 127 Å². The predicted octanol–water partition coefficient (Wildman–Crippen LogP) is 5.11. The van der Waals surface area contributed by atoms with Crippen molar-refractivity contribution in [1.82, 2.24) is 19.9 Å². The number of rotatable bonds is 31. The minimum absolute atomic E-state index is 0.231. The van der Waals surface area contributed by atoms with Gasteiger partial charge in [0.25, 0.3) is 0 Å². The smallest absolute Gasteiger partial charge is 0.132 e. The lowest BCUT2D eigenvalue weighted by Gasteiger charge is -2.39. The molecule has 0 unspecified atom stereocenters. The second kappa shape index (κ2) is 35.8. The van der Waals surface area contributed by atoms with Crippen molar-refractivity contribution < 1.29 is 104 Å². The third-order valence-corrected chi connectivity index (χ3v) is 21.2. The monoisotopic (exact) mass is 1460 g/mol. The molecule has 3 aromatic heterocycles. The summed E-state index contributed by atoms with van der Waals surface area (Å²) in [6, 6.07) is 41.6. The second-order valence-electron chi connectivity index (χ2n) is 24.5. The van der Waals surface area contributed by atoms with E-state index in [2.05, 4.69) is 34.2 Å². The first-order chi connectivity index (χ1) is 49.7. The number of hydrogen-bond acceptors (Lipinski definition) is 26. The highest BCUT2D eigenvalue weighted by Crippen LogP contribution is 2.41. The molecule has 0 aliphatic carbocycles. The summed E-state index contributed by atoms with van der Waals surface area (Å²) < 4.78 is 52.8. The van der Waals surface area contributed by atoms with Crippen molar-refractivity contribution in [2.75, 3.05) is 96.5 Å². The summed E-state index contributed by atoms with van der Waals surface area (Å²) in [5.74, 6) is 3.06. The van der Waals surface area contributed by atoms with Gasteiger partial charge in [0.1, 0.15) is 127 Å². The van der Waals surface area contributed by atoms with Crippen LogP contribution in [-0.2, 0) is 28.4 Å². The van der Waals surface area contributed by atoms with Crippen LogP contribution < -0.4 is 14.2 Å². The van der Waals surface area contributed by atoms with Crippen LogP contribution in [0.3, 0.4) is 0 Å². The van der Waals surface area contributed by atoms with Crippen LogP contribution in [0.4, 0.5) is 0 Å². The molecule has 5 aliphatic rings. The van der Waals surface area contributed by atoms with Crippen molar-refractivity contribution in [3.05, 3.63) is 150 Å². The van der Waals surface area contributed by atoms with Gasteiger partial charge in [0.2, 0.25) is 0 Å². The van der Waals surface area contributed by atoms with Gasteiger partial charge < -0.3 is 114 Å². The van der Waals surface area contributed by atoms with E-state index in [1.54, 1.807) is 0 Å². The SMILES string of the molecule is OC[C@H]1O[C@@H](SCCOCCOc2ccc(-c3c4nc(c(-c5ccc(OCCOCCS[C@@H]6O[C@H](CO)[C@H](O)[C@H](O)[C@H]6O)cc5)c5ccc([nH]5)c(-c5ccc(OCCOCCS[C@@H]6O[C@H](CO)[C@H](O)[C@H](O)[C@H]6O)cc5)c5nc(c(-c6ccccc6)c6ccc3[nH]6)C=C5)C=C4)cc2)[C@H](O)[C@@H](O)[C@H]1O. The number of aliphatic hydroxyl groups excluding tert-OH is 12. The van der Waals surface area contributed by atoms with Gasteiger partial charge in [0.15, 0.2) is 0 Å². The summed E-state index contributed by atoms with van der Waals surface area (Å²) >= 11 is 3.64. The standard InChI is InChI=1S/C74H84N4O21S3/c79-38-56-63(82)66(85)69(88)72(97-56)100-35-32-91-26-29-94-45-12-6-42(7-13-45)60-50-20-18-48(75-50)59(41-4-2-1-3-5-41)49-19-21-51(76-49)61(43-8-14-46(15-9-43)95-30-27-92-33-36-101-73-70(89)67(86)64(83)57(39-80)98-73)53-23-25-55(78-53)62(54-24-22-52(60)77-54)44-10-16-47(17-11-44)96-31-28-93-34-37-102-74-71(90)68(87)65(84)58(40-81)99-74/h1-25,56-58,63-75,78-90H,26-40H2/t56-,57-,58-,63+,64+,65+,66+,67+,68+,69-,70-,71-,72+,73+,74+/m1/s1. The maximum Gasteiger partial charge on any atom is 0.132 e. The molecule has 102 heavy (non-hydrogen) atoms. The number of nitrogens with zero attached hydrogens (tertiary/aromatic N) is 2. The first kappa shape index (κ1) is 74.9. The van der Waals surface area contributed by atoms with Gasteiger partial charge >= 0.3 is 0 Å². The molecule has 3 fully saturated rings. The van der Waals surface area contributed by atoms with Crippen molar-refractivity contribution in [2.24, 2.45) is 0 Å². The molecule has 4 aromatic carbocycles. The lowest BCUT2D eigenvalue weighted by Crippen LogP contribution is -2.57. The first-order valence-corrected chi connectivity index (χ1v) is 36.8. The number of H-pyrrole nitrogens is 2. The normalized spacial score (nSPS) is 25.6. The molecule has 0 radical (unpaired) electrons. The lowest BCUT2D eigenvalue weighted by atomic mass is 10.0. The van der Waals surface area contributed by atoms with E-state index in [9.17, 15) is 61.3 Å². The molecule has 544 valence electrons. The summed E-state index contributed by atoms with van der Waals surface area (Å²) in [6.07, 6.45) is -7.51. The highest BCUT2D eigenvalue weighted by molar-refractivity contribution is 8.00. The Morgan fingerprint density at radius 2 is 0.588 bits per heavy atom. The number of ether oxygens (including phenoxy) is 9.